The molecular weight excluding hydrogens is 343 g/mol. The van der Waals surface area contributed by atoms with E-state index in [2.05, 4.69) is 26.3 Å². The van der Waals surface area contributed by atoms with Crippen molar-refractivity contribution in [3.8, 4) is 11.1 Å². The molecule has 0 aliphatic carbocycles. The number of benzene rings is 1. The third-order valence-corrected chi connectivity index (χ3v) is 5.57. The fraction of sp³-hybridized carbons (Fsp3) is 0.286. The molecule has 6 heteroatoms. The van der Waals surface area contributed by atoms with Gasteiger partial charge in [-0.15, -0.1) is 0 Å². The van der Waals surface area contributed by atoms with Gasteiger partial charge in [-0.05, 0) is 48.4 Å². The minimum Gasteiger partial charge on any atom is -0.394 e. The molecule has 2 aliphatic rings. The summed E-state index contributed by atoms with van der Waals surface area (Å²) in [4.78, 5) is 10.2. The van der Waals surface area contributed by atoms with Crippen LogP contribution in [0, 0.1) is 5.82 Å². The third kappa shape index (κ3) is 2.56. The van der Waals surface area contributed by atoms with E-state index >= 15 is 0 Å². The molecule has 0 radical (unpaired) electrons. The number of H-pyrrole nitrogens is 1. The number of aromatic nitrogens is 2. The van der Waals surface area contributed by atoms with Crippen LogP contribution in [0.3, 0.4) is 0 Å². The molecule has 0 saturated carbocycles. The van der Waals surface area contributed by atoms with Crippen LogP contribution in [-0.2, 0) is 6.54 Å². The minimum atomic E-state index is -0.238. The van der Waals surface area contributed by atoms with Crippen molar-refractivity contribution in [3.05, 3.63) is 53.6 Å². The van der Waals surface area contributed by atoms with Crippen molar-refractivity contribution in [2.24, 2.45) is 0 Å². The summed E-state index contributed by atoms with van der Waals surface area (Å²) in [6, 6.07) is 6.90. The van der Waals surface area contributed by atoms with E-state index in [1.807, 2.05) is 19.2 Å². The maximum Gasteiger partial charge on any atom is 0.138 e. The highest BCUT2D eigenvalue weighted by Gasteiger charge is 2.26. The van der Waals surface area contributed by atoms with E-state index in [1.165, 1.54) is 17.2 Å². The van der Waals surface area contributed by atoms with E-state index < -0.39 is 0 Å². The lowest BCUT2D eigenvalue weighted by Gasteiger charge is -2.23. The Kier molecular flexibility index (Phi) is 3.77. The quantitative estimate of drug-likeness (QED) is 0.654. The van der Waals surface area contributed by atoms with Gasteiger partial charge in [0.15, 0.2) is 0 Å². The van der Waals surface area contributed by atoms with Gasteiger partial charge in [-0.3, -0.25) is 0 Å². The molecule has 138 valence electrons. The molecule has 27 heavy (non-hydrogen) atoms. The van der Waals surface area contributed by atoms with Gasteiger partial charge in [0.25, 0.3) is 0 Å². The van der Waals surface area contributed by atoms with E-state index in [4.69, 9.17) is 0 Å². The van der Waals surface area contributed by atoms with Crippen LogP contribution < -0.4 is 10.2 Å². The second-order valence-corrected chi connectivity index (χ2v) is 7.26. The summed E-state index contributed by atoms with van der Waals surface area (Å²) in [5, 5.41) is 13.9. The van der Waals surface area contributed by atoms with Crippen LogP contribution in [-0.4, -0.2) is 41.3 Å². The summed E-state index contributed by atoms with van der Waals surface area (Å²) in [6.07, 6.45) is 4.76. The molecule has 2 aliphatic heterocycles. The molecule has 0 saturated heterocycles. The van der Waals surface area contributed by atoms with E-state index in [-0.39, 0.29) is 18.5 Å². The lowest BCUT2D eigenvalue weighted by Crippen LogP contribution is -2.35. The zero-order valence-corrected chi connectivity index (χ0v) is 15.1. The lowest BCUT2D eigenvalue weighted by atomic mass is 9.96. The monoisotopic (exact) mass is 364 g/mol. The topological polar surface area (TPSA) is 64.2 Å². The number of pyridine rings is 1. The van der Waals surface area contributed by atoms with Crippen LogP contribution in [0.5, 0.6) is 0 Å². The molecule has 1 atom stereocenters. The number of aromatic amines is 1. The third-order valence-electron chi connectivity index (χ3n) is 5.57. The zero-order chi connectivity index (χ0) is 18.5. The number of nitrogens with one attached hydrogen (secondary N) is 2. The number of aliphatic hydroxyl groups excluding tert-OH is 1. The Morgan fingerprint density at radius 2 is 2.19 bits per heavy atom. The maximum atomic E-state index is 14.0. The van der Waals surface area contributed by atoms with Gasteiger partial charge in [-0.25, -0.2) is 9.37 Å². The Morgan fingerprint density at radius 3 is 3.04 bits per heavy atom. The van der Waals surface area contributed by atoms with E-state index in [1.54, 1.807) is 12.3 Å². The molecule has 2 aromatic heterocycles. The fourth-order valence-corrected chi connectivity index (χ4v) is 4.32. The first-order valence-electron chi connectivity index (χ1n) is 9.21. The van der Waals surface area contributed by atoms with E-state index in [0.717, 1.165) is 46.5 Å². The minimum absolute atomic E-state index is 0.0328. The van der Waals surface area contributed by atoms with Gasteiger partial charge in [0, 0.05) is 53.7 Å². The van der Waals surface area contributed by atoms with Gasteiger partial charge in [0.05, 0.1) is 6.61 Å². The van der Waals surface area contributed by atoms with Crippen LogP contribution in [0.15, 0.2) is 36.5 Å². The Hall–Kier alpha value is -2.70. The first-order valence-corrected chi connectivity index (χ1v) is 9.21. The van der Waals surface area contributed by atoms with Crippen molar-refractivity contribution in [2.45, 2.75) is 19.0 Å². The second kappa shape index (κ2) is 6.18. The number of fused-ring (bicyclic) bond motifs is 2. The van der Waals surface area contributed by atoms with Gasteiger partial charge < -0.3 is 20.3 Å². The first kappa shape index (κ1) is 16.5. The van der Waals surface area contributed by atoms with Crippen molar-refractivity contribution in [2.75, 3.05) is 25.1 Å². The number of hydrogen-bond donors (Lipinski definition) is 3. The second-order valence-electron chi connectivity index (χ2n) is 7.26. The molecule has 0 amide bonds. The fourth-order valence-electron chi connectivity index (χ4n) is 4.32. The highest BCUT2D eigenvalue weighted by molar-refractivity contribution is 6.02. The van der Waals surface area contributed by atoms with E-state index in [9.17, 15) is 9.50 Å². The number of anilines is 1. The predicted octanol–water partition coefficient (Wildman–Crippen LogP) is 3.06. The van der Waals surface area contributed by atoms with Gasteiger partial charge in [-0.2, -0.15) is 0 Å². The average Bonchev–Trinajstić information content (AvgIpc) is 3.00. The predicted molar refractivity (Wildman–Crippen MR) is 105 cm³/mol. The van der Waals surface area contributed by atoms with Gasteiger partial charge in [0.1, 0.15) is 11.5 Å². The van der Waals surface area contributed by atoms with Crippen LogP contribution in [0.2, 0.25) is 0 Å². The van der Waals surface area contributed by atoms with Gasteiger partial charge in [0.2, 0.25) is 0 Å². The molecule has 1 aromatic carbocycles. The molecule has 3 aromatic rings. The lowest BCUT2D eigenvalue weighted by molar-refractivity contribution is 0.263. The highest BCUT2D eigenvalue weighted by Crippen LogP contribution is 2.43. The molecule has 5 nitrogen and oxygen atoms in total. The highest BCUT2D eigenvalue weighted by atomic mass is 19.1. The van der Waals surface area contributed by atoms with Crippen LogP contribution >= 0.6 is 0 Å². The molecule has 0 fully saturated rings. The Morgan fingerprint density at radius 1 is 1.30 bits per heavy atom. The van der Waals surface area contributed by atoms with Crippen molar-refractivity contribution >= 4 is 22.3 Å². The van der Waals surface area contributed by atoms with Gasteiger partial charge >= 0.3 is 0 Å². The SMILES string of the molecule is CN1Cc2c(C3=C[C@@H](CO)NCC3)[nH]c3nccc(c23)-c2cc(F)ccc21. The molecule has 0 spiro atoms. The number of aliphatic hydroxyl groups is 1. The summed E-state index contributed by atoms with van der Waals surface area (Å²) in [6.45, 7) is 1.61. The number of hydrogen-bond acceptors (Lipinski definition) is 4. The molecule has 3 N–H and O–H groups in total. The summed E-state index contributed by atoms with van der Waals surface area (Å²) in [7, 11) is 2.03. The van der Waals surface area contributed by atoms with Crippen molar-refractivity contribution < 1.29 is 9.50 Å². The van der Waals surface area contributed by atoms with Crippen molar-refractivity contribution in [1.82, 2.24) is 15.3 Å². The van der Waals surface area contributed by atoms with Crippen LogP contribution in [0.1, 0.15) is 17.7 Å². The Balaban J connectivity index is 1.78. The first-order chi connectivity index (χ1) is 13.2. The maximum absolute atomic E-state index is 14.0. The summed E-state index contributed by atoms with van der Waals surface area (Å²) in [5.41, 5.74) is 7.17. The van der Waals surface area contributed by atoms with Crippen LogP contribution in [0.4, 0.5) is 10.1 Å². The van der Waals surface area contributed by atoms with Crippen molar-refractivity contribution in [1.29, 1.82) is 0 Å². The Bertz CT molecular complexity index is 1070. The average molecular weight is 364 g/mol. The molecule has 5 rings (SSSR count). The summed E-state index contributed by atoms with van der Waals surface area (Å²) in [5.74, 6) is -0.238. The van der Waals surface area contributed by atoms with Crippen LogP contribution in [0.25, 0.3) is 27.7 Å². The largest absolute Gasteiger partial charge is 0.394 e. The molecule has 0 unspecified atom stereocenters. The van der Waals surface area contributed by atoms with Crippen molar-refractivity contribution in [3.63, 3.8) is 0 Å². The number of rotatable bonds is 2. The Labute approximate surface area is 156 Å². The zero-order valence-electron chi connectivity index (χ0n) is 15.1. The smallest absolute Gasteiger partial charge is 0.138 e. The molecule has 4 heterocycles. The summed E-state index contributed by atoms with van der Waals surface area (Å²) >= 11 is 0. The van der Waals surface area contributed by atoms with Gasteiger partial charge in [-0.1, -0.05) is 6.08 Å². The molecule has 0 bridgehead atoms. The normalized spacial score (nSPS) is 19.0. The summed E-state index contributed by atoms with van der Waals surface area (Å²) < 4.78 is 14.0. The standard InChI is InChI=1S/C21H21FN4O/c1-26-10-17-19-15(16-9-13(22)2-3-18(16)26)5-7-24-21(19)25-20(17)12-4-6-23-14(8-12)11-27/h2-3,5,7-9,14,23,27H,4,6,10-11H2,1H3,(H,24,25)/t14-/m0/s1. The number of nitrogens with zero attached hydrogens (tertiary/aromatic N) is 2. The molecular formula is C21H21FN4O. The van der Waals surface area contributed by atoms with E-state index in [0.29, 0.717) is 6.54 Å². The number of halogens is 1.